The number of amides is 1. The maximum absolute atomic E-state index is 12.2. The van der Waals surface area contributed by atoms with E-state index in [0.29, 0.717) is 30.9 Å². The third kappa shape index (κ3) is 4.37. The van der Waals surface area contributed by atoms with Crippen molar-refractivity contribution in [2.75, 3.05) is 39.9 Å². The molecule has 1 aromatic rings. The summed E-state index contributed by atoms with van der Waals surface area (Å²) in [7, 11) is 1.71. The van der Waals surface area contributed by atoms with Crippen LogP contribution in [0.3, 0.4) is 0 Å². The van der Waals surface area contributed by atoms with Crippen molar-refractivity contribution in [3.63, 3.8) is 0 Å². The molecule has 2 aliphatic heterocycles. The predicted octanol–water partition coefficient (Wildman–Crippen LogP) is 2.58. The number of rotatable bonds is 7. The highest BCUT2D eigenvalue weighted by Crippen LogP contribution is 2.31. The van der Waals surface area contributed by atoms with Crippen molar-refractivity contribution in [1.82, 2.24) is 9.80 Å². The fourth-order valence-electron chi connectivity index (χ4n) is 4.26. The Hall–Kier alpha value is -1.39. The second-order valence-corrected chi connectivity index (χ2v) is 7.12. The number of likely N-dealkylation sites (tertiary alicyclic amines) is 2. The van der Waals surface area contributed by atoms with Crippen molar-refractivity contribution < 1.29 is 9.53 Å². The molecule has 2 heterocycles. The molecule has 0 unspecified atom stereocenters. The van der Waals surface area contributed by atoms with Crippen molar-refractivity contribution in [2.45, 2.75) is 38.1 Å². The normalized spacial score (nSPS) is 24.9. The van der Waals surface area contributed by atoms with Gasteiger partial charge in [0, 0.05) is 39.2 Å². The summed E-state index contributed by atoms with van der Waals surface area (Å²) >= 11 is 0. The topological polar surface area (TPSA) is 32.8 Å². The third-order valence-electron chi connectivity index (χ3n) is 5.55. The summed E-state index contributed by atoms with van der Waals surface area (Å²) in [6.45, 7) is 4.84. The molecule has 24 heavy (non-hydrogen) atoms. The molecule has 0 aromatic heterocycles. The molecular formula is C20H30N2O2. The van der Waals surface area contributed by atoms with Crippen molar-refractivity contribution >= 4 is 5.91 Å². The van der Waals surface area contributed by atoms with Crippen LogP contribution in [0.5, 0.6) is 0 Å². The molecule has 0 bridgehead atoms. The number of carbonyl (C=O) groups is 1. The first-order chi connectivity index (χ1) is 11.8. The summed E-state index contributed by atoms with van der Waals surface area (Å²) in [6, 6.07) is 11.2. The number of benzene rings is 1. The SMILES string of the molecule is COCCN1C(=O)CC[C@@H]2CN(CCCc3ccccc3)CC[C@@H]21. The second kappa shape index (κ2) is 8.63. The summed E-state index contributed by atoms with van der Waals surface area (Å²) in [5, 5.41) is 0. The van der Waals surface area contributed by atoms with Crippen LogP contribution in [0.25, 0.3) is 0 Å². The van der Waals surface area contributed by atoms with E-state index < -0.39 is 0 Å². The summed E-state index contributed by atoms with van der Waals surface area (Å²) < 4.78 is 5.18. The Morgan fingerprint density at radius 3 is 2.79 bits per heavy atom. The number of piperidine rings is 2. The van der Waals surface area contributed by atoms with Gasteiger partial charge >= 0.3 is 0 Å². The van der Waals surface area contributed by atoms with Gasteiger partial charge in [0.1, 0.15) is 0 Å². The van der Waals surface area contributed by atoms with E-state index in [1.54, 1.807) is 7.11 Å². The number of aryl methyl sites for hydroxylation is 1. The number of fused-ring (bicyclic) bond motifs is 1. The lowest BCUT2D eigenvalue weighted by atomic mass is 9.83. The maximum Gasteiger partial charge on any atom is 0.222 e. The molecular weight excluding hydrogens is 300 g/mol. The molecule has 1 amide bonds. The maximum atomic E-state index is 12.2. The van der Waals surface area contributed by atoms with Crippen molar-refractivity contribution in [2.24, 2.45) is 5.92 Å². The lowest BCUT2D eigenvalue weighted by Gasteiger charge is -2.47. The van der Waals surface area contributed by atoms with Gasteiger partial charge in [-0.2, -0.15) is 0 Å². The molecule has 0 aliphatic carbocycles. The summed E-state index contributed by atoms with van der Waals surface area (Å²) in [4.78, 5) is 16.9. The zero-order valence-corrected chi connectivity index (χ0v) is 14.8. The van der Waals surface area contributed by atoms with E-state index in [1.165, 1.54) is 18.5 Å². The molecule has 3 rings (SSSR count). The molecule has 0 spiro atoms. The van der Waals surface area contributed by atoms with Crippen LogP contribution < -0.4 is 0 Å². The highest BCUT2D eigenvalue weighted by molar-refractivity contribution is 5.77. The molecule has 4 heteroatoms. The van der Waals surface area contributed by atoms with Crippen LogP contribution in [-0.4, -0.2) is 61.6 Å². The molecule has 2 fully saturated rings. The van der Waals surface area contributed by atoms with E-state index in [9.17, 15) is 4.79 Å². The first-order valence-corrected chi connectivity index (χ1v) is 9.32. The number of nitrogens with zero attached hydrogens (tertiary/aromatic N) is 2. The summed E-state index contributed by atoms with van der Waals surface area (Å²) in [6.07, 6.45) is 5.26. The Balaban J connectivity index is 1.47. The molecule has 0 saturated carbocycles. The lowest BCUT2D eigenvalue weighted by molar-refractivity contribution is -0.142. The Bertz CT molecular complexity index is 520. The summed E-state index contributed by atoms with van der Waals surface area (Å²) in [5.41, 5.74) is 1.43. The van der Waals surface area contributed by atoms with Gasteiger partial charge in [-0.15, -0.1) is 0 Å². The van der Waals surface area contributed by atoms with E-state index in [2.05, 4.69) is 40.1 Å². The number of hydrogen-bond donors (Lipinski definition) is 0. The van der Waals surface area contributed by atoms with Gasteiger partial charge in [0.15, 0.2) is 0 Å². The largest absolute Gasteiger partial charge is 0.383 e. The fraction of sp³-hybridized carbons (Fsp3) is 0.650. The predicted molar refractivity (Wildman–Crippen MR) is 95.9 cm³/mol. The van der Waals surface area contributed by atoms with Crippen LogP contribution in [0.1, 0.15) is 31.2 Å². The second-order valence-electron chi connectivity index (χ2n) is 7.12. The molecule has 0 radical (unpaired) electrons. The fourth-order valence-corrected chi connectivity index (χ4v) is 4.26. The monoisotopic (exact) mass is 330 g/mol. The highest BCUT2D eigenvalue weighted by Gasteiger charge is 2.38. The van der Waals surface area contributed by atoms with Crippen LogP contribution >= 0.6 is 0 Å². The first-order valence-electron chi connectivity index (χ1n) is 9.32. The van der Waals surface area contributed by atoms with Gasteiger partial charge in [0.2, 0.25) is 5.91 Å². The van der Waals surface area contributed by atoms with Gasteiger partial charge < -0.3 is 14.5 Å². The van der Waals surface area contributed by atoms with Crippen molar-refractivity contribution in [3.05, 3.63) is 35.9 Å². The van der Waals surface area contributed by atoms with E-state index in [-0.39, 0.29) is 0 Å². The van der Waals surface area contributed by atoms with Crippen molar-refractivity contribution in [3.8, 4) is 0 Å². The zero-order valence-electron chi connectivity index (χ0n) is 14.8. The molecule has 1 aromatic carbocycles. The molecule has 4 nitrogen and oxygen atoms in total. The number of carbonyl (C=O) groups excluding carboxylic acids is 1. The van der Waals surface area contributed by atoms with Crippen molar-refractivity contribution in [1.29, 1.82) is 0 Å². The number of ether oxygens (including phenoxy) is 1. The standard InChI is InChI=1S/C20H30N2O2/c1-24-15-14-22-19-11-13-21(16-18(19)9-10-20(22)23)12-5-8-17-6-3-2-4-7-17/h2-4,6-7,18-19H,5,8-16H2,1H3/t18-,19+/m1/s1. The van der Waals surface area contributed by atoms with Crippen LogP contribution in [-0.2, 0) is 16.0 Å². The van der Waals surface area contributed by atoms with Gasteiger partial charge in [-0.05, 0) is 43.7 Å². The van der Waals surface area contributed by atoms with Crippen LogP contribution in [0.4, 0.5) is 0 Å². The number of methoxy groups -OCH3 is 1. The van der Waals surface area contributed by atoms with Gasteiger partial charge in [-0.3, -0.25) is 4.79 Å². The molecule has 2 atom stereocenters. The average molecular weight is 330 g/mol. The van der Waals surface area contributed by atoms with Gasteiger partial charge in [0.05, 0.1) is 6.61 Å². The van der Waals surface area contributed by atoms with Crippen LogP contribution in [0.15, 0.2) is 30.3 Å². The van der Waals surface area contributed by atoms with E-state index in [0.717, 1.165) is 38.9 Å². The Kier molecular flexibility index (Phi) is 6.27. The highest BCUT2D eigenvalue weighted by atomic mass is 16.5. The van der Waals surface area contributed by atoms with E-state index in [1.807, 2.05) is 0 Å². The van der Waals surface area contributed by atoms with Gasteiger partial charge in [-0.1, -0.05) is 30.3 Å². The number of hydrogen-bond acceptors (Lipinski definition) is 3. The minimum Gasteiger partial charge on any atom is -0.383 e. The van der Waals surface area contributed by atoms with Crippen LogP contribution in [0, 0.1) is 5.92 Å². The Morgan fingerprint density at radius 2 is 2.00 bits per heavy atom. The minimum absolute atomic E-state index is 0.325. The molecule has 2 saturated heterocycles. The Morgan fingerprint density at radius 1 is 1.17 bits per heavy atom. The molecule has 2 aliphatic rings. The van der Waals surface area contributed by atoms with Gasteiger partial charge in [-0.25, -0.2) is 0 Å². The molecule has 0 N–H and O–H groups in total. The quantitative estimate of drug-likeness (QED) is 0.770. The first kappa shape index (κ1) is 17.4. The average Bonchev–Trinajstić information content (AvgIpc) is 2.62. The smallest absolute Gasteiger partial charge is 0.222 e. The van der Waals surface area contributed by atoms with Crippen LogP contribution in [0.2, 0.25) is 0 Å². The summed E-state index contributed by atoms with van der Waals surface area (Å²) in [5.74, 6) is 0.968. The van der Waals surface area contributed by atoms with E-state index in [4.69, 9.17) is 4.74 Å². The third-order valence-corrected chi connectivity index (χ3v) is 5.55. The lowest BCUT2D eigenvalue weighted by Crippen LogP contribution is -2.56. The van der Waals surface area contributed by atoms with Gasteiger partial charge in [0.25, 0.3) is 0 Å². The van der Waals surface area contributed by atoms with E-state index >= 15 is 0 Å². The Labute approximate surface area is 145 Å². The zero-order chi connectivity index (χ0) is 16.8. The minimum atomic E-state index is 0.325. The molecule has 132 valence electrons.